The molecule has 2 N–H and O–H groups in total. The van der Waals surface area contributed by atoms with Gasteiger partial charge in [0.05, 0.1) is 6.10 Å². The minimum atomic E-state index is -0.966. The Bertz CT molecular complexity index is 398. The predicted molar refractivity (Wildman–Crippen MR) is 64.2 cm³/mol. The molecule has 4 nitrogen and oxygen atoms in total. The minimum absolute atomic E-state index is 0.410. The van der Waals surface area contributed by atoms with E-state index in [2.05, 4.69) is 0 Å². The van der Waals surface area contributed by atoms with Crippen molar-refractivity contribution in [1.29, 1.82) is 0 Å². The zero-order chi connectivity index (χ0) is 13.0. The zero-order valence-electron chi connectivity index (χ0n) is 10.3. The van der Waals surface area contributed by atoms with Gasteiger partial charge in [-0.3, -0.25) is 0 Å². The monoisotopic (exact) mass is 238 g/mol. The molecule has 0 radical (unpaired) electrons. The fourth-order valence-electron chi connectivity index (χ4n) is 1.53. The predicted octanol–water partition coefficient (Wildman–Crippen LogP) is 2.29. The molecule has 2 atom stereocenters. The second-order valence-electron chi connectivity index (χ2n) is 4.05. The molecule has 0 amide bonds. The summed E-state index contributed by atoms with van der Waals surface area (Å²) >= 11 is 0. The SMILES string of the molecule is CCC(Oc1ccc([C@@H](C)O)cc1C)C(=O)O. The third-order valence-electron chi connectivity index (χ3n) is 2.60. The van der Waals surface area contributed by atoms with Crippen molar-refractivity contribution in [2.75, 3.05) is 0 Å². The highest BCUT2D eigenvalue weighted by Gasteiger charge is 2.17. The molecule has 0 fully saturated rings. The first-order valence-corrected chi connectivity index (χ1v) is 5.63. The number of aryl methyl sites for hydroxylation is 1. The zero-order valence-corrected chi connectivity index (χ0v) is 10.3. The van der Waals surface area contributed by atoms with E-state index in [1.54, 1.807) is 32.0 Å². The number of hydrogen-bond donors (Lipinski definition) is 2. The third kappa shape index (κ3) is 3.46. The topological polar surface area (TPSA) is 66.8 Å². The van der Waals surface area contributed by atoms with E-state index in [1.165, 1.54) is 0 Å². The first-order valence-electron chi connectivity index (χ1n) is 5.63. The normalized spacial score (nSPS) is 14.1. The van der Waals surface area contributed by atoms with Gasteiger partial charge in [0.2, 0.25) is 0 Å². The molecule has 0 heterocycles. The summed E-state index contributed by atoms with van der Waals surface area (Å²) < 4.78 is 5.41. The lowest BCUT2D eigenvalue weighted by molar-refractivity contribution is -0.145. The molecular formula is C13H18O4. The number of carboxylic acid groups (broad SMARTS) is 1. The van der Waals surface area contributed by atoms with Crippen molar-refractivity contribution in [3.05, 3.63) is 29.3 Å². The summed E-state index contributed by atoms with van der Waals surface area (Å²) in [4.78, 5) is 10.9. The second kappa shape index (κ2) is 5.68. The second-order valence-corrected chi connectivity index (χ2v) is 4.05. The molecule has 0 aliphatic heterocycles. The lowest BCUT2D eigenvalue weighted by Gasteiger charge is -2.16. The summed E-state index contributed by atoms with van der Waals surface area (Å²) in [6.45, 7) is 5.27. The first-order chi connectivity index (χ1) is 7.95. The average molecular weight is 238 g/mol. The van der Waals surface area contributed by atoms with Crippen molar-refractivity contribution in [3.8, 4) is 5.75 Å². The number of ether oxygens (including phenoxy) is 1. The lowest BCUT2D eigenvalue weighted by Crippen LogP contribution is -2.26. The fraction of sp³-hybridized carbons (Fsp3) is 0.462. The molecule has 4 heteroatoms. The van der Waals surface area contributed by atoms with E-state index in [1.807, 2.05) is 6.92 Å². The van der Waals surface area contributed by atoms with Crippen molar-refractivity contribution in [1.82, 2.24) is 0 Å². The Kier molecular flexibility index (Phi) is 4.52. The molecular weight excluding hydrogens is 220 g/mol. The molecule has 1 rings (SSSR count). The maximum absolute atomic E-state index is 10.9. The fourth-order valence-corrected chi connectivity index (χ4v) is 1.53. The Balaban J connectivity index is 2.89. The summed E-state index contributed by atoms with van der Waals surface area (Å²) in [6, 6.07) is 5.24. The van der Waals surface area contributed by atoms with Gasteiger partial charge >= 0.3 is 5.97 Å². The smallest absolute Gasteiger partial charge is 0.344 e. The Labute approximate surface area is 101 Å². The highest BCUT2D eigenvalue weighted by atomic mass is 16.5. The van der Waals surface area contributed by atoms with Crippen molar-refractivity contribution in [3.63, 3.8) is 0 Å². The van der Waals surface area contributed by atoms with Crippen LogP contribution in [-0.4, -0.2) is 22.3 Å². The van der Waals surface area contributed by atoms with Gasteiger partial charge in [-0.15, -0.1) is 0 Å². The Morgan fingerprint density at radius 3 is 2.53 bits per heavy atom. The maximum Gasteiger partial charge on any atom is 0.344 e. The van der Waals surface area contributed by atoms with Crippen LogP contribution in [0.5, 0.6) is 5.75 Å². The summed E-state index contributed by atoms with van der Waals surface area (Å²) in [5, 5.41) is 18.3. The molecule has 1 aromatic rings. The number of aliphatic hydroxyl groups excluding tert-OH is 1. The molecule has 1 unspecified atom stereocenters. The minimum Gasteiger partial charge on any atom is -0.479 e. The van der Waals surface area contributed by atoms with Gasteiger partial charge in [-0.2, -0.15) is 0 Å². The summed E-state index contributed by atoms with van der Waals surface area (Å²) in [5.74, 6) is -0.421. The average Bonchev–Trinajstić information content (AvgIpc) is 2.26. The van der Waals surface area contributed by atoms with Crippen molar-refractivity contribution in [2.45, 2.75) is 39.4 Å². The molecule has 0 bridgehead atoms. The van der Waals surface area contributed by atoms with Crippen molar-refractivity contribution < 1.29 is 19.7 Å². The van der Waals surface area contributed by atoms with E-state index >= 15 is 0 Å². The van der Waals surface area contributed by atoms with Crippen LogP contribution in [0.15, 0.2) is 18.2 Å². The van der Waals surface area contributed by atoms with Crippen LogP contribution in [0, 0.1) is 6.92 Å². The van der Waals surface area contributed by atoms with Crippen LogP contribution in [0.2, 0.25) is 0 Å². The highest BCUT2D eigenvalue weighted by Crippen LogP contribution is 2.24. The molecule has 0 saturated carbocycles. The molecule has 0 aliphatic rings. The summed E-state index contributed by atoms with van der Waals surface area (Å²) in [5.41, 5.74) is 1.61. The standard InChI is InChI=1S/C13H18O4/c1-4-11(13(15)16)17-12-6-5-10(9(3)14)7-8(12)2/h5-7,9,11,14H,4H2,1-3H3,(H,15,16)/t9-,11?/m1/s1. The Morgan fingerprint density at radius 1 is 1.47 bits per heavy atom. The number of aliphatic carboxylic acids is 1. The summed E-state index contributed by atoms with van der Waals surface area (Å²) in [7, 11) is 0. The van der Waals surface area contributed by atoms with Crippen LogP contribution in [0.3, 0.4) is 0 Å². The van der Waals surface area contributed by atoms with E-state index in [9.17, 15) is 9.90 Å². The highest BCUT2D eigenvalue weighted by molar-refractivity contribution is 5.72. The van der Waals surface area contributed by atoms with E-state index in [0.29, 0.717) is 12.2 Å². The van der Waals surface area contributed by atoms with Crippen LogP contribution >= 0.6 is 0 Å². The van der Waals surface area contributed by atoms with Gasteiger partial charge < -0.3 is 14.9 Å². The first kappa shape index (κ1) is 13.5. The van der Waals surface area contributed by atoms with Crippen molar-refractivity contribution in [2.24, 2.45) is 0 Å². The van der Waals surface area contributed by atoms with Gasteiger partial charge in [0.25, 0.3) is 0 Å². The number of carbonyl (C=O) groups is 1. The summed E-state index contributed by atoms with van der Waals surface area (Å²) in [6.07, 6.45) is -0.956. The van der Waals surface area contributed by atoms with Gasteiger partial charge in [0, 0.05) is 0 Å². The maximum atomic E-state index is 10.9. The number of benzene rings is 1. The molecule has 0 aromatic heterocycles. The van der Waals surface area contributed by atoms with Crippen LogP contribution in [0.25, 0.3) is 0 Å². The van der Waals surface area contributed by atoms with E-state index in [-0.39, 0.29) is 0 Å². The Hall–Kier alpha value is -1.55. The largest absolute Gasteiger partial charge is 0.479 e. The van der Waals surface area contributed by atoms with E-state index in [4.69, 9.17) is 9.84 Å². The molecule has 1 aromatic carbocycles. The molecule has 17 heavy (non-hydrogen) atoms. The van der Waals surface area contributed by atoms with Crippen molar-refractivity contribution >= 4 is 5.97 Å². The van der Waals surface area contributed by atoms with E-state index in [0.717, 1.165) is 11.1 Å². The lowest BCUT2D eigenvalue weighted by atomic mass is 10.1. The molecule has 0 aliphatic carbocycles. The van der Waals surface area contributed by atoms with E-state index < -0.39 is 18.2 Å². The number of carboxylic acids is 1. The quantitative estimate of drug-likeness (QED) is 0.826. The molecule has 0 spiro atoms. The van der Waals surface area contributed by atoms with Gasteiger partial charge in [-0.05, 0) is 43.5 Å². The number of rotatable bonds is 5. The number of hydrogen-bond acceptors (Lipinski definition) is 3. The molecule has 94 valence electrons. The van der Waals surface area contributed by atoms with Crippen LogP contribution in [-0.2, 0) is 4.79 Å². The molecule has 0 saturated heterocycles. The van der Waals surface area contributed by atoms with Gasteiger partial charge in [0.15, 0.2) is 6.10 Å². The van der Waals surface area contributed by atoms with Crippen LogP contribution in [0.1, 0.15) is 37.5 Å². The third-order valence-corrected chi connectivity index (χ3v) is 2.60. The van der Waals surface area contributed by atoms with Crippen LogP contribution < -0.4 is 4.74 Å². The van der Waals surface area contributed by atoms with Gasteiger partial charge in [0.1, 0.15) is 5.75 Å². The Morgan fingerprint density at radius 2 is 2.12 bits per heavy atom. The number of aliphatic hydroxyl groups is 1. The van der Waals surface area contributed by atoms with Gasteiger partial charge in [-0.25, -0.2) is 4.79 Å². The van der Waals surface area contributed by atoms with Gasteiger partial charge in [-0.1, -0.05) is 13.0 Å². The van der Waals surface area contributed by atoms with Crippen LogP contribution in [0.4, 0.5) is 0 Å².